The van der Waals surface area contributed by atoms with Gasteiger partial charge in [-0.2, -0.15) is 0 Å². The maximum Gasteiger partial charge on any atom is 0.272 e. The summed E-state index contributed by atoms with van der Waals surface area (Å²) in [6.45, 7) is 7.46. The van der Waals surface area contributed by atoms with Gasteiger partial charge in [0, 0.05) is 31.0 Å². The minimum atomic E-state index is -0.0428. The summed E-state index contributed by atoms with van der Waals surface area (Å²) < 4.78 is 0. The Morgan fingerprint density at radius 1 is 1.26 bits per heavy atom. The number of rotatable bonds is 4. The third-order valence-corrected chi connectivity index (χ3v) is 4.34. The predicted molar refractivity (Wildman–Crippen MR) is 91.0 cm³/mol. The minimum absolute atomic E-state index is 0.0428. The summed E-state index contributed by atoms with van der Waals surface area (Å²) in [6, 6.07) is 10.3. The first kappa shape index (κ1) is 15.5. The molecular weight excluding hydrogens is 288 g/mol. The second-order valence-corrected chi connectivity index (χ2v) is 5.77. The molecule has 1 aromatic carbocycles. The number of anilines is 2. The molecule has 1 unspecified atom stereocenters. The number of fused-ring (bicyclic) bond motifs is 1. The van der Waals surface area contributed by atoms with E-state index in [1.54, 1.807) is 17.2 Å². The second-order valence-electron chi connectivity index (χ2n) is 5.77. The largest absolute Gasteiger partial charge is 0.338 e. The molecule has 0 N–H and O–H groups in total. The fourth-order valence-corrected chi connectivity index (χ4v) is 3.13. The van der Waals surface area contributed by atoms with Crippen molar-refractivity contribution >= 4 is 17.5 Å². The van der Waals surface area contributed by atoms with Gasteiger partial charge >= 0.3 is 0 Å². The number of hydrogen-bond donors (Lipinski definition) is 0. The monoisotopic (exact) mass is 310 g/mol. The topological polar surface area (TPSA) is 49.3 Å². The Morgan fingerprint density at radius 3 is 2.74 bits per heavy atom. The van der Waals surface area contributed by atoms with Gasteiger partial charge in [-0.3, -0.25) is 4.79 Å². The van der Waals surface area contributed by atoms with E-state index in [1.165, 1.54) is 5.56 Å². The predicted octanol–water partition coefficient (Wildman–Crippen LogP) is 3.04. The van der Waals surface area contributed by atoms with E-state index in [0.29, 0.717) is 24.7 Å². The number of benzene rings is 1. The first-order chi connectivity index (χ1) is 11.2. The van der Waals surface area contributed by atoms with Crippen LogP contribution in [-0.2, 0) is 6.42 Å². The Labute approximate surface area is 137 Å². The summed E-state index contributed by atoms with van der Waals surface area (Å²) >= 11 is 0. The zero-order valence-electron chi connectivity index (χ0n) is 13.9. The smallest absolute Gasteiger partial charge is 0.272 e. The average molecular weight is 310 g/mol. The van der Waals surface area contributed by atoms with E-state index in [0.717, 1.165) is 12.1 Å². The molecule has 1 aliphatic heterocycles. The number of hydrogen-bond acceptors (Lipinski definition) is 4. The van der Waals surface area contributed by atoms with Crippen molar-refractivity contribution in [2.75, 3.05) is 18.0 Å². The third-order valence-electron chi connectivity index (χ3n) is 4.34. The maximum atomic E-state index is 12.5. The van der Waals surface area contributed by atoms with Gasteiger partial charge in [0.1, 0.15) is 5.69 Å². The van der Waals surface area contributed by atoms with Crippen molar-refractivity contribution in [3.63, 3.8) is 0 Å². The van der Waals surface area contributed by atoms with Crippen molar-refractivity contribution in [3.05, 3.63) is 47.8 Å². The maximum absolute atomic E-state index is 12.5. The number of nitrogens with zero attached hydrogens (tertiary/aromatic N) is 4. The standard InChI is InChI=1S/C18H22N4O/c1-4-21(5-2)17(23)15-10-11-19-18(20-15)22-13(3)12-14-8-6-7-9-16(14)22/h6-11,13H,4-5,12H2,1-3H3. The summed E-state index contributed by atoms with van der Waals surface area (Å²) in [7, 11) is 0. The van der Waals surface area contributed by atoms with E-state index in [4.69, 9.17) is 0 Å². The molecule has 5 nitrogen and oxygen atoms in total. The van der Waals surface area contributed by atoms with E-state index >= 15 is 0 Å². The molecule has 1 aromatic heterocycles. The molecule has 0 aliphatic carbocycles. The molecule has 1 amide bonds. The Balaban J connectivity index is 1.96. The zero-order chi connectivity index (χ0) is 16.4. The molecule has 3 rings (SSSR count). The van der Waals surface area contributed by atoms with Gasteiger partial charge in [-0.1, -0.05) is 18.2 Å². The van der Waals surface area contributed by atoms with Crippen LogP contribution in [0.2, 0.25) is 0 Å². The summed E-state index contributed by atoms with van der Waals surface area (Å²) in [4.78, 5) is 25.4. The summed E-state index contributed by atoms with van der Waals surface area (Å²) in [5.41, 5.74) is 2.88. The third kappa shape index (κ3) is 2.79. The minimum Gasteiger partial charge on any atom is -0.338 e. The highest BCUT2D eigenvalue weighted by molar-refractivity contribution is 5.92. The van der Waals surface area contributed by atoms with Gasteiger partial charge in [0.25, 0.3) is 5.91 Å². The Bertz CT molecular complexity index is 712. The van der Waals surface area contributed by atoms with Crippen LogP contribution in [0.25, 0.3) is 0 Å². The van der Waals surface area contributed by atoms with Gasteiger partial charge in [-0.25, -0.2) is 9.97 Å². The molecule has 0 spiro atoms. The molecule has 5 heteroatoms. The van der Waals surface area contributed by atoms with Crippen molar-refractivity contribution < 1.29 is 4.79 Å². The van der Waals surface area contributed by atoms with E-state index in [-0.39, 0.29) is 11.9 Å². The quantitative estimate of drug-likeness (QED) is 0.871. The molecule has 1 aliphatic rings. The molecule has 0 radical (unpaired) electrons. The number of amides is 1. The molecule has 0 saturated heterocycles. The number of carbonyl (C=O) groups is 1. The summed E-state index contributed by atoms with van der Waals surface area (Å²) in [5, 5.41) is 0. The van der Waals surface area contributed by atoms with E-state index in [2.05, 4.69) is 40.0 Å². The molecule has 0 saturated carbocycles. The van der Waals surface area contributed by atoms with Crippen LogP contribution in [0.3, 0.4) is 0 Å². The van der Waals surface area contributed by atoms with Crippen molar-refractivity contribution in [1.82, 2.24) is 14.9 Å². The average Bonchev–Trinajstić information content (AvgIpc) is 2.91. The molecular formula is C18H22N4O. The fraction of sp³-hybridized carbons (Fsp3) is 0.389. The van der Waals surface area contributed by atoms with Crippen LogP contribution in [0.5, 0.6) is 0 Å². The molecule has 120 valence electrons. The molecule has 23 heavy (non-hydrogen) atoms. The number of para-hydroxylation sites is 1. The molecule has 0 fully saturated rings. The van der Waals surface area contributed by atoms with Gasteiger partial charge in [-0.05, 0) is 44.9 Å². The summed E-state index contributed by atoms with van der Waals surface area (Å²) in [5.74, 6) is 0.555. The fourth-order valence-electron chi connectivity index (χ4n) is 3.13. The van der Waals surface area contributed by atoms with E-state index in [9.17, 15) is 4.79 Å². The van der Waals surface area contributed by atoms with Crippen molar-refractivity contribution in [1.29, 1.82) is 0 Å². The highest BCUT2D eigenvalue weighted by atomic mass is 16.2. The van der Waals surface area contributed by atoms with Crippen LogP contribution in [0.15, 0.2) is 36.5 Å². The Morgan fingerprint density at radius 2 is 2.00 bits per heavy atom. The normalized spacial score (nSPS) is 16.3. The first-order valence-corrected chi connectivity index (χ1v) is 8.15. The zero-order valence-corrected chi connectivity index (χ0v) is 13.9. The SMILES string of the molecule is CCN(CC)C(=O)c1ccnc(N2c3ccccc3CC2C)n1. The highest BCUT2D eigenvalue weighted by Crippen LogP contribution is 2.36. The lowest BCUT2D eigenvalue weighted by atomic mass is 10.1. The molecule has 2 aromatic rings. The number of aromatic nitrogens is 2. The lowest BCUT2D eigenvalue weighted by Gasteiger charge is -2.23. The van der Waals surface area contributed by atoms with Gasteiger partial charge in [0.15, 0.2) is 0 Å². The lowest BCUT2D eigenvalue weighted by molar-refractivity contribution is 0.0767. The van der Waals surface area contributed by atoms with E-state index in [1.807, 2.05) is 19.9 Å². The van der Waals surface area contributed by atoms with Crippen LogP contribution in [-0.4, -0.2) is 39.9 Å². The number of carbonyl (C=O) groups excluding carboxylic acids is 1. The van der Waals surface area contributed by atoms with Gasteiger partial charge in [-0.15, -0.1) is 0 Å². The van der Waals surface area contributed by atoms with E-state index < -0.39 is 0 Å². The highest BCUT2D eigenvalue weighted by Gasteiger charge is 2.29. The van der Waals surface area contributed by atoms with Crippen molar-refractivity contribution in [2.24, 2.45) is 0 Å². The summed E-state index contributed by atoms with van der Waals surface area (Å²) in [6.07, 6.45) is 2.64. The van der Waals surface area contributed by atoms with Crippen LogP contribution >= 0.6 is 0 Å². The van der Waals surface area contributed by atoms with Crippen molar-refractivity contribution in [2.45, 2.75) is 33.2 Å². The van der Waals surface area contributed by atoms with Crippen LogP contribution in [0.1, 0.15) is 36.8 Å². The molecule has 1 atom stereocenters. The van der Waals surface area contributed by atoms with Crippen molar-refractivity contribution in [3.8, 4) is 0 Å². The Kier molecular flexibility index (Phi) is 4.28. The molecule has 0 bridgehead atoms. The van der Waals surface area contributed by atoms with Crippen LogP contribution in [0, 0.1) is 0 Å². The van der Waals surface area contributed by atoms with Crippen LogP contribution in [0.4, 0.5) is 11.6 Å². The van der Waals surface area contributed by atoms with Crippen LogP contribution < -0.4 is 4.90 Å². The Hall–Kier alpha value is -2.43. The first-order valence-electron chi connectivity index (χ1n) is 8.15. The second kappa shape index (κ2) is 6.36. The van der Waals surface area contributed by atoms with Gasteiger partial charge in [0.05, 0.1) is 0 Å². The molecule has 2 heterocycles. The van der Waals surface area contributed by atoms with Gasteiger partial charge in [0.2, 0.25) is 5.95 Å². The van der Waals surface area contributed by atoms with Gasteiger partial charge < -0.3 is 9.80 Å². The lowest BCUT2D eigenvalue weighted by Crippen LogP contribution is -2.32.